The van der Waals surface area contributed by atoms with Crippen molar-refractivity contribution in [1.82, 2.24) is 9.80 Å². The number of nitrogens with zero attached hydrogens (tertiary/aromatic N) is 2. The molecule has 28 heavy (non-hydrogen) atoms. The number of likely N-dealkylation sites (tertiary alicyclic amines) is 1. The second-order valence-corrected chi connectivity index (χ2v) is 7.35. The number of nitrogens with one attached hydrogen (secondary N) is 1. The van der Waals surface area contributed by atoms with Crippen LogP contribution in [0, 0.1) is 0 Å². The van der Waals surface area contributed by atoms with Crippen LogP contribution in [0.4, 0.5) is 5.69 Å². The smallest absolute Gasteiger partial charge is 0.317 e. The third-order valence-corrected chi connectivity index (χ3v) is 5.54. The fourth-order valence-electron chi connectivity index (χ4n) is 3.99. The van der Waals surface area contributed by atoms with Gasteiger partial charge in [-0.05, 0) is 43.9 Å². The summed E-state index contributed by atoms with van der Waals surface area (Å²) in [5.74, 6) is -0.742. The van der Waals surface area contributed by atoms with E-state index in [1.807, 2.05) is 54.3 Å². The van der Waals surface area contributed by atoms with Crippen LogP contribution in [0.2, 0.25) is 0 Å². The molecule has 2 aromatic carbocycles. The zero-order chi connectivity index (χ0) is 19.9. The zero-order valence-electron chi connectivity index (χ0n) is 16.4. The number of hydrogen-bond acceptors (Lipinski definition) is 4. The first-order valence-corrected chi connectivity index (χ1v) is 10.0. The molecular formula is C22H29N3O3. The molecule has 0 atom stereocenters. The van der Waals surface area contributed by atoms with Gasteiger partial charge in [0.1, 0.15) is 0 Å². The van der Waals surface area contributed by atoms with Gasteiger partial charge in [-0.2, -0.15) is 0 Å². The van der Waals surface area contributed by atoms with Gasteiger partial charge in [0.15, 0.2) is 0 Å². The number of hydrogen-bond donors (Lipinski definition) is 2. The summed E-state index contributed by atoms with van der Waals surface area (Å²) in [6, 6.07) is 14.3. The third-order valence-electron chi connectivity index (χ3n) is 5.54. The van der Waals surface area contributed by atoms with E-state index in [0.29, 0.717) is 12.5 Å². The average molecular weight is 383 g/mol. The molecule has 1 saturated heterocycles. The molecule has 0 aromatic heterocycles. The molecule has 0 unspecified atom stereocenters. The molecule has 2 aromatic rings. The van der Waals surface area contributed by atoms with E-state index in [-0.39, 0.29) is 12.5 Å². The second kappa shape index (κ2) is 9.66. The van der Waals surface area contributed by atoms with Gasteiger partial charge in [0, 0.05) is 30.1 Å². The molecule has 1 aliphatic heterocycles. The highest BCUT2D eigenvalue weighted by atomic mass is 16.4. The van der Waals surface area contributed by atoms with Gasteiger partial charge in [-0.25, -0.2) is 0 Å². The van der Waals surface area contributed by atoms with Crippen molar-refractivity contribution < 1.29 is 14.7 Å². The molecule has 1 aliphatic rings. The van der Waals surface area contributed by atoms with E-state index in [0.717, 1.165) is 55.5 Å². The van der Waals surface area contributed by atoms with Gasteiger partial charge < -0.3 is 15.3 Å². The maximum Gasteiger partial charge on any atom is 0.317 e. The highest BCUT2D eigenvalue weighted by Gasteiger charge is 2.25. The van der Waals surface area contributed by atoms with Gasteiger partial charge in [-0.1, -0.05) is 43.3 Å². The lowest BCUT2D eigenvalue weighted by molar-refractivity contribution is -0.139. The van der Waals surface area contributed by atoms with Crippen LogP contribution in [-0.4, -0.2) is 65.5 Å². The van der Waals surface area contributed by atoms with E-state index in [1.165, 1.54) is 0 Å². The Hall–Kier alpha value is -2.44. The van der Waals surface area contributed by atoms with Crippen molar-refractivity contribution in [1.29, 1.82) is 0 Å². The Morgan fingerprint density at radius 3 is 2.57 bits per heavy atom. The number of likely N-dealkylation sites (N-methyl/N-ethyl adjacent to an activating group) is 1. The number of carbonyl (C=O) groups is 2. The normalized spacial score (nSPS) is 15.8. The lowest BCUT2D eigenvalue weighted by Gasteiger charge is -2.37. The maximum absolute atomic E-state index is 12.4. The predicted octanol–water partition coefficient (Wildman–Crippen LogP) is 3.04. The molecule has 3 rings (SSSR count). The number of carbonyl (C=O) groups excluding carboxylic acids is 1. The SMILES string of the molecule is CCN(CC(=O)O)C1CCN(CCC(=O)Nc2cccc3ccccc23)CC1. The number of benzene rings is 2. The van der Waals surface area contributed by atoms with Crippen molar-refractivity contribution in [2.45, 2.75) is 32.2 Å². The van der Waals surface area contributed by atoms with E-state index >= 15 is 0 Å². The van der Waals surface area contributed by atoms with Crippen molar-refractivity contribution in [2.24, 2.45) is 0 Å². The lowest BCUT2D eigenvalue weighted by Crippen LogP contribution is -2.47. The summed E-state index contributed by atoms with van der Waals surface area (Å²) in [7, 11) is 0. The molecule has 1 heterocycles. The van der Waals surface area contributed by atoms with E-state index in [2.05, 4.69) is 10.2 Å². The van der Waals surface area contributed by atoms with Gasteiger partial charge in [0.05, 0.1) is 6.54 Å². The van der Waals surface area contributed by atoms with E-state index < -0.39 is 5.97 Å². The van der Waals surface area contributed by atoms with Gasteiger partial charge in [-0.15, -0.1) is 0 Å². The number of anilines is 1. The Bertz CT molecular complexity index is 810. The maximum atomic E-state index is 12.4. The third kappa shape index (κ3) is 5.30. The van der Waals surface area contributed by atoms with Gasteiger partial charge in [-0.3, -0.25) is 14.5 Å². The number of amides is 1. The first-order valence-electron chi connectivity index (χ1n) is 10.0. The van der Waals surface area contributed by atoms with Crippen LogP contribution in [0.15, 0.2) is 42.5 Å². The van der Waals surface area contributed by atoms with E-state index in [1.54, 1.807) is 0 Å². The number of aliphatic carboxylic acids is 1. The Kier molecular flexibility index (Phi) is 7.01. The zero-order valence-corrected chi connectivity index (χ0v) is 16.4. The molecule has 0 spiro atoms. The molecule has 150 valence electrons. The van der Waals surface area contributed by atoms with Crippen molar-refractivity contribution in [2.75, 3.05) is 38.0 Å². The summed E-state index contributed by atoms with van der Waals surface area (Å²) in [6.07, 6.45) is 2.36. The van der Waals surface area contributed by atoms with Gasteiger partial charge >= 0.3 is 5.97 Å². The van der Waals surface area contributed by atoms with Crippen LogP contribution in [0.1, 0.15) is 26.2 Å². The van der Waals surface area contributed by atoms with Crippen molar-refractivity contribution in [3.05, 3.63) is 42.5 Å². The van der Waals surface area contributed by atoms with Crippen molar-refractivity contribution >= 4 is 28.3 Å². The molecule has 0 radical (unpaired) electrons. The lowest BCUT2D eigenvalue weighted by atomic mass is 10.0. The summed E-state index contributed by atoms with van der Waals surface area (Å²) in [4.78, 5) is 27.8. The monoisotopic (exact) mass is 383 g/mol. The molecular weight excluding hydrogens is 354 g/mol. The molecule has 6 nitrogen and oxygen atoms in total. The van der Waals surface area contributed by atoms with E-state index in [9.17, 15) is 9.59 Å². The number of carboxylic acid groups (broad SMARTS) is 1. The molecule has 0 saturated carbocycles. The second-order valence-electron chi connectivity index (χ2n) is 7.35. The van der Waals surface area contributed by atoms with E-state index in [4.69, 9.17) is 5.11 Å². The molecule has 6 heteroatoms. The van der Waals surface area contributed by atoms with Crippen LogP contribution in [0.25, 0.3) is 10.8 Å². The largest absolute Gasteiger partial charge is 0.480 e. The topological polar surface area (TPSA) is 72.9 Å². The predicted molar refractivity (Wildman–Crippen MR) is 112 cm³/mol. The summed E-state index contributed by atoms with van der Waals surface area (Å²) in [6.45, 7) is 5.41. The molecule has 0 bridgehead atoms. The van der Waals surface area contributed by atoms with Crippen LogP contribution < -0.4 is 5.32 Å². The number of rotatable bonds is 8. The summed E-state index contributed by atoms with van der Waals surface area (Å²) >= 11 is 0. The summed E-state index contributed by atoms with van der Waals surface area (Å²) < 4.78 is 0. The molecule has 0 aliphatic carbocycles. The minimum absolute atomic E-state index is 0.0274. The fraction of sp³-hybridized carbons (Fsp3) is 0.455. The first-order chi connectivity index (χ1) is 13.6. The number of fused-ring (bicyclic) bond motifs is 1. The fourth-order valence-corrected chi connectivity index (χ4v) is 3.99. The average Bonchev–Trinajstić information content (AvgIpc) is 2.71. The number of carboxylic acids is 1. The Morgan fingerprint density at radius 2 is 1.86 bits per heavy atom. The van der Waals surface area contributed by atoms with Crippen LogP contribution >= 0.6 is 0 Å². The van der Waals surface area contributed by atoms with Crippen molar-refractivity contribution in [3.63, 3.8) is 0 Å². The van der Waals surface area contributed by atoms with Crippen LogP contribution in [-0.2, 0) is 9.59 Å². The standard InChI is InChI=1S/C22H29N3O3/c1-2-25(16-22(27)28)18-10-13-24(14-11-18)15-12-21(26)23-20-9-5-7-17-6-3-4-8-19(17)20/h3-9,18H,2,10-16H2,1H3,(H,23,26)(H,27,28). The first kappa shape index (κ1) is 20.3. The summed E-state index contributed by atoms with van der Waals surface area (Å²) in [5.41, 5.74) is 0.856. The highest BCUT2D eigenvalue weighted by Crippen LogP contribution is 2.23. The van der Waals surface area contributed by atoms with Gasteiger partial charge in [0.2, 0.25) is 5.91 Å². The minimum atomic E-state index is -0.769. The quantitative estimate of drug-likeness (QED) is 0.733. The molecule has 1 fully saturated rings. The molecule has 2 N–H and O–H groups in total. The minimum Gasteiger partial charge on any atom is -0.480 e. The Labute approximate surface area is 166 Å². The van der Waals surface area contributed by atoms with Crippen molar-refractivity contribution in [3.8, 4) is 0 Å². The Morgan fingerprint density at radius 1 is 1.14 bits per heavy atom. The highest BCUT2D eigenvalue weighted by molar-refractivity contribution is 6.02. The Balaban J connectivity index is 1.46. The number of piperidine rings is 1. The van der Waals surface area contributed by atoms with Gasteiger partial charge in [0.25, 0.3) is 0 Å². The molecule has 1 amide bonds. The van der Waals surface area contributed by atoms with Crippen LogP contribution in [0.5, 0.6) is 0 Å². The summed E-state index contributed by atoms with van der Waals surface area (Å²) in [5, 5.41) is 14.2. The van der Waals surface area contributed by atoms with Crippen LogP contribution in [0.3, 0.4) is 0 Å².